The Kier molecular flexibility index (Phi) is 5.57. The van der Waals surface area contributed by atoms with Crippen molar-refractivity contribution in [2.75, 3.05) is 16.8 Å². The molecule has 2 aliphatic heterocycles. The van der Waals surface area contributed by atoms with Crippen LogP contribution in [0.3, 0.4) is 0 Å². The van der Waals surface area contributed by atoms with E-state index in [9.17, 15) is 14.4 Å². The summed E-state index contributed by atoms with van der Waals surface area (Å²) in [4.78, 5) is 38.6. The molecule has 2 N–H and O–H groups in total. The van der Waals surface area contributed by atoms with Crippen molar-refractivity contribution in [3.63, 3.8) is 0 Å². The molecule has 0 radical (unpaired) electrons. The molecule has 1 fully saturated rings. The summed E-state index contributed by atoms with van der Waals surface area (Å²) < 4.78 is 0. The van der Waals surface area contributed by atoms with Crippen molar-refractivity contribution in [1.82, 2.24) is 5.32 Å². The van der Waals surface area contributed by atoms with Crippen LogP contribution in [0.4, 0.5) is 11.4 Å². The number of nitrogens with one attached hydrogen (secondary N) is 2. The van der Waals surface area contributed by atoms with Crippen LogP contribution in [0.25, 0.3) is 0 Å². The van der Waals surface area contributed by atoms with E-state index < -0.39 is 0 Å². The summed E-state index contributed by atoms with van der Waals surface area (Å²) in [5, 5.41) is 5.93. The van der Waals surface area contributed by atoms with Crippen LogP contribution in [0.15, 0.2) is 42.5 Å². The van der Waals surface area contributed by atoms with Crippen LogP contribution in [0.1, 0.15) is 49.4 Å². The highest BCUT2D eigenvalue weighted by atomic mass is 16.2. The number of fused-ring (bicyclic) bond motifs is 1. The lowest BCUT2D eigenvalue weighted by Gasteiger charge is -2.21. The predicted molar refractivity (Wildman–Crippen MR) is 116 cm³/mol. The minimum absolute atomic E-state index is 0.0171. The fourth-order valence-corrected chi connectivity index (χ4v) is 4.13. The number of anilines is 2. The van der Waals surface area contributed by atoms with Gasteiger partial charge in [-0.3, -0.25) is 14.4 Å². The summed E-state index contributed by atoms with van der Waals surface area (Å²) in [6.45, 7) is 4.44. The van der Waals surface area contributed by atoms with Gasteiger partial charge >= 0.3 is 0 Å². The van der Waals surface area contributed by atoms with Gasteiger partial charge in [0.15, 0.2) is 0 Å². The summed E-state index contributed by atoms with van der Waals surface area (Å²) >= 11 is 0. The summed E-state index contributed by atoms with van der Waals surface area (Å²) in [5.41, 5.74) is 5.00. The Morgan fingerprint density at radius 2 is 1.93 bits per heavy atom. The molecule has 0 aromatic heterocycles. The molecular weight excluding hydrogens is 378 g/mol. The molecule has 2 aliphatic rings. The van der Waals surface area contributed by atoms with Gasteiger partial charge in [0.05, 0.1) is 12.0 Å². The Morgan fingerprint density at radius 3 is 2.67 bits per heavy atom. The standard InChI is InChI=1S/C24H27N3O3/c1-3-16-4-8-20(9-5-16)27-14-19(13-23(27)29)24(30)25-15(2)17-6-10-21-18(12-17)7-11-22(28)26-21/h4-6,8-10,12,15,19H,3,7,11,13-14H2,1-2H3,(H,25,30)(H,26,28). The highest BCUT2D eigenvalue weighted by Crippen LogP contribution is 2.28. The van der Waals surface area contributed by atoms with E-state index in [1.54, 1.807) is 4.90 Å². The van der Waals surface area contributed by atoms with Gasteiger partial charge in [-0.1, -0.05) is 31.2 Å². The fraction of sp³-hybridized carbons (Fsp3) is 0.375. The zero-order chi connectivity index (χ0) is 21.3. The minimum atomic E-state index is -0.359. The van der Waals surface area contributed by atoms with E-state index in [0.717, 1.165) is 28.9 Å². The molecule has 2 aromatic rings. The third-order valence-corrected chi connectivity index (χ3v) is 6.04. The normalized spacial score (nSPS) is 19.3. The number of rotatable bonds is 5. The Balaban J connectivity index is 1.40. The number of hydrogen-bond acceptors (Lipinski definition) is 3. The highest BCUT2D eigenvalue weighted by Gasteiger charge is 2.35. The van der Waals surface area contributed by atoms with Crippen molar-refractivity contribution in [3.05, 3.63) is 59.2 Å². The van der Waals surface area contributed by atoms with E-state index in [1.165, 1.54) is 5.56 Å². The second-order valence-electron chi connectivity index (χ2n) is 8.12. The number of benzene rings is 2. The minimum Gasteiger partial charge on any atom is -0.349 e. The molecule has 2 aromatic carbocycles. The van der Waals surface area contributed by atoms with Crippen molar-refractivity contribution in [3.8, 4) is 0 Å². The van der Waals surface area contributed by atoms with Gasteiger partial charge in [-0.25, -0.2) is 0 Å². The smallest absolute Gasteiger partial charge is 0.227 e. The van der Waals surface area contributed by atoms with Gasteiger partial charge in [0.25, 0.3) is 0 Å². The van der Waals surface area contributed by atoms with Crippen molar-refractivity contribution >= 4 is 29.1 Å². The average molecular weight is 405 g/mol. The summed E-state index contributed by atoms with van der Waals surface area (Å²) in [7, 11) is 0. The maximum Gasteiger partial charge on any atom is 0.227 e. The fourth-order valence-electron chi connectivity index (χ4n) is 4.13. The average Bonchev–Trinajstić information content (AvgIpc) is 3.15. The zero-order valence-corrected chi connectivity index (χ0v) is 17.4. The van der Waals surface area contributed by atoms with Crippen molar-refractivity contribution < 1.29 is 14.4 Å². The summed E-state index contributed by atoms with van der Waals surface area (Å²) in [6.07, 6.45) is 2.37. The lowest BCUT2D eigenvalue weighted by molar-refractivity contribution is -0.126. The number of amides is 3. The van der Waals surface area contributed by atoms with E-state index in [1.807, 2.05) is 49.4 Å². The quantitative estimate of drug-likeness (QED) is 0.801. The Bertz CT molecular complexity index is 984. The molecule has 0 spiro atoms. The van der Waals surface area contributed by atoms with Crippen molar-refractivity contribution in [2.45, 2.75) is 45.6 Å². The number of aryl methyl sites for hydroxylation is 2. The Labute approximate surface area is 176 Å². The second-order valence-corrected chi connectivity index (χ2v) is 8.12. The molecule has 0 bridgehead atoms. The molecular formula is C24H27N3O3. The highest BCUT2D eigenvalue weighted by molar-refractivity contribution is 6.00. The summed E-state index contributed by atoms with van der Waals surface area (Å²) in [5.74, 6) is -0.440. The molecule has 3 amide bonds. The lowest BCUT2D eigenvalue weighted by Crippen LogP contribution is -2.34. The predicted octanol–water partition coefficient (Wildman–Crippen LogP) is 3.36. The van der Waals surface area contributed by atoms with E-state index in [2.05, 4.69) is 17.6 Å². The molecule has 156 valence electrons. The molecule has 30 heavy (non-hydrogen) atoms. The molecule has 6 heteroatoms. The molecule has 1 saturated heterocycles. The Hall–Kier alpha value is -3.15. The van der Waals surface area contributed by atoms with E-state index >= 15 is 0 Å². The van der Waals surface area contributed by atoms with Gasteiger partial charge < -0.3 is 15.5 Å². The first-order valence-corrected chi connectivity index (χ1v) is 10.6. The molecule has 6 nitrogen and oxygen atoms in total. The van der Waals surface area contributed by atoms with E-state index in [4.69, 9.17) is 0 Å². The van der Waals surface area contributed by atoms with E-state index in [0.29, 0.717) is 19.4 Å². The number of carbonyl (C=O) groups is 3. The van der Waals surface area contributed by atoms with Crippen molar-refractivity contribution in [1.29, 1.82) is 0 Å². The topological polar surface area (TPSA) is 78.5 Å². The largest absolute Gasteiger partial charge is 0.349 e. The monoisotopic (exact) mass is 405 g/mol. The molecule has 0 saturated carbocycles. The van der Waals surface area contributed by atoms with Crippen LogP contribution < -0.4 is 15.5 Å². The molecule has 4 rings (SSSR count). The van der Waals surface area contributed by atoms with Crippen LogP contribution >= 0.6 is 0 Å². The first-order chi connectivity index (χ1) is 14.4. The van der Waals surface area contributed by atoms with Gasteiger partial charge in [0.1, 0.15) is 0 Å². The lowest BCUT2D eigenvalue weighted by atomic mass is 9.97. The number of nitrogens with zero attached hydrogens (tertiary/aromatic N) is 1. The number of carbonyl (C=O) groups excluding carboxylic acids is 3. The first kappa shape index (κ1) is 20.1. The van der Waals surface area contributed by atoms with Crippen molar-refractivity contribution in [2.24, 2.45) is 5.92 Å². The van der Waals surface area contributed by atoms with Gasteiger partial charge in [-0.2, -0.15) is 0 Å². The van der Waals surface area contributed by atoms with Crippen LogP contribution in [0.2, 0.25) is 0 Å². The third-order valence-electron chi connectivity index (χ3n) is 6.04. The van der Waals surface area contributed by atoms with Crippen LogP contribution in [-0.2, 0) is 27.2 Å². The molecule has 2 unspecified atom stereocenters. The third kappa shape index (κ3) is 4.08. The summed E-state index contributed by atoms with van der Waals surface area (Å²) in [6, 6.07) is 13.6. The Morgan fingerprint density at radius 1 is 1.17 bits per heavy atom. The van der Waals surface area contributed by atoms with Crippen LogP contribution in [0, 0.1) is 5.92 Å². The van der Waals surface area contributed by atoms with Gasteiger partial charge in [-0.05, 0) is 54.7 Å². The van der Waals surface area contributed by atoms with Gasteiger partial charge in [0.2, 0.25) is 17.7 Å². The maximum absolute atomic E-state index is 12.8. The first-order valence-electron chi connectivity index (χ1n) is 10.6. The zero-order valence-electron chi connectivity index (χ0n) is 17.4. The van der Waals surface area contributed by atoms with Crippen LogP contribution in [0.5, 0.6) is 0 Å². The van der Waals surface area contributed by atoms with Gasteiger partial charge in [-0.15, -0.1) is 0 Å². The molecule has 2 heterocycles. The number of hydrogen-bond donors (Lipinski definition) is 2. The second kappa shape index (κ2) is 8.30. The molecule has 2 atom stereocenters. The van der Waals surface area contributed by atoms with E-state index in [-0.39, 0.29) is 36.1 Å². The SMILES string of the molecule is CCc1ccc(N2CC(C(=O)NC(C)c3ccc4c(c3)CCC(=O)N4)CC2=O)cc1. The van der Waals surface area contributed by atoms with Crippen LogP contribution in [-0.4, -0.2) is 24.3 Å². The molecule has 0 aliphatic carbocycles. The van der Waals surface area contributed by atoms with Gasteiger partial charge in [0, 0.05) is 30.8 Å². The maximum atomic E-state index is 12.8.